The highest BCUT2D eigenvalue weighted by atomic mass is 16.5. The second-order valence-corrected chi connectivity index (χ2v) is 5.31. The van der Waals surface area contributed by atoms with E-state index in [1.165, 1.54) is 16.7 Å². The third kappa shape index (κ3) is 2.14. The van der Waals surface area contributed by atoms with Crippen LogP contribution in [-0.2, 0) is 0 Å². The van der Waals surface area contributed by atoms with Crippen molar-refractivity contribution < 1.29 is 4.74 Å². The number of hydrogen-bond donors (Lipinski definition) is 2. The third-order valence-corrected chi connectivity index (χ3v) is 3.83. The summed E-state index contributed by atoms with van der Waals surface area (Å²) in [6.07, 6.45) is 0.0352. The standard InChI is InChI=1S/C17H20N2O/c1-11-5-3-6-12(2)16(11)14-7-4-8-15-17(14)20-13(9-18)10-19-15/h3-8,13,19H,9-10,18H2,1-2H3. The van der Waals surface area contributed by atoms with Crippen LogP contribution in [0.4, 0.5) is 5.69 Å². The molecule has 0 saturated heterocycles. The predicted molar refractivity (Wildman–Crippen MR) is 83.3 cm³/mol. The Morgan fingerprint density at radius 1 is 1.15 bits per heavy atom. The van der Waals surface area contributed by atoms with Gasteiger partial charge in [0.25, 0.3) is 0 Å². The smallest absolute Gasteiger partial charge is 0.150 e. The summed E-state index contributed by atoms with van der Waals surface area (Å²) in [6.45, 7) is 5.56. The molecule has 0 aromatic heterocycles. The van der Waals surface area contributed by atoms with E-state index in [-0.39, 0.29) is 6.10 Å². The van der Waals surface area contributed by atoms with Crippen molar-refractivity contribution in [3.05, 3.63) is 47.5 Å². The largest absolute Gasteiger partial charge is 0.484 e. The Hall–Kier alpha value is -2.00. The van der Waals surface area contributed by atoms with E-state index < -0.39 is 0 Å². The van der Waals surface area contributed by atoms with Gasteiger partial charge in [-0.15, -0.1) is 0 Å². The highest BCUT2D eigenvalue weighted by Gasteiger charge is 2.22. The Morgan fingerprint density at radius 3 is 2.55 bits per heavy atom. The molecule has 0 aliphatic carbocycles. The van der Waals surface area contributed by atoms with E-state index >= 15 is 0 Å². The van der Waals surface area contributed by atoms with Crippen molar-refractivity contribution in [2.24, 2.45) is 5.73 Å². The van der Waals surface area contributed by atoms with Crippen LogP contribution in [0.3, 0.4) is 0 Å². The molecule has 3 N–H and O–H groups in total. The minimum absolute atomic E-state index is 0.0352. The number of rotatable bonds is 2. The highest BCUT2D eigenvalue weighted by molar-refractivity contribution is 5.82. The Labute approximate surface area is 119 Å². The number of hydrogen-bond acceptors (Lipinski definition) is 3. The van der Waals surface area contributed by atoms with Crippen molar-refractivity contribution in [3.63, 3.8) is 0 Å². The molecule has 0 amide bonds. The zero-order valence-corrected chi connectivity index (χ0v) is 11.9. The van der Waals surface area contributed by atoms with Crippen LogP contribution in [0.5, 0.6) is 5.75 Å². The van der Waals surface area contributed by atoms with E-state index in [9.17, 15) is 0 Å². The maximum Gasteiger partial charge on any atom is 0.150 e. The molecule has 1 unspecified atom stereocenters. The molecule has 3 heteroatoms. The van der Waals surface area contributed by atoms with Gasteiger partial charge in [-0.1, -0.05) is 30.3 Å². The SMILES string of the molecule is Cc1cccc(C)c1-c1cccc2c1OC(CN)CN2. The van der Waals surface area contributed by atoms with Gasteiger partial charge in [-0.2, -0.15) is 0 Å². The molecule has 3 rings (SSSR count). The lowest BCUT2D eigenvalue weighted by molar-refractivity contribution is 0.215. The summed E-state index contributed by atoms with van der Waals surface area (Å²) in [6, 6.07) is 12.6. The van der Waals surface area contributed by atoms with E-state index in [0.717, 1.165) is 23.5 Å². The van der Waals surface area contributed by atoms with Crippen LogP contribution in [-0.4, -0.2) is 19.2 Å². The second-order valence-electron chi connectivity index (χ2n) is 5.31. The molecule has 104 valence electrons. The van der Waals surface area contributed by atoms with Crippen LogP contribution < -0.4 is 15.8 Å². The molecule has 0 saturated carbocycles. The highest BCUT2D eigenvalue weighted by Crippen LogP contribution is 2.41. The van der Waals surface area contributed by atoms with Crippen molar-refractivity contribution in [2.45, 2.75) is 20.0 Å². The Morgan fingerprint density at radius 2 is 1.85 bits per heavy atom. The first-order chi connectivity index (χ1) is 9.70. The lowest BCUT2D eigenvalue weighted by Gasteiger charge is -2.29. The molecule has 0 fully saturated rings. The molecule has 2 aromatic rings. The summed E-state index contributed by atoms with van der Waals surface area (Å²) in [5.74, 6) is 0.923. The number of benzene rings is 2. The van der Waals surface area contributed by atoms with Crippen molar-refractivity contribution in [3.8, 4) is 16.9 Å². The van der Waals surface area contributed by atoms with Crippen molar-refractivity contribution in [2.75, 3.05) is 18.4 Å². The Bertz CT molecular complexity index is 617. The van der Waals surface area contributed by atoms with Crippen LogP contribution in [0, 0.1) is 13.8 Å². The first-order valence-corrected chi connectivity index (χ1v) is 7.01. The summed E-state index contributed by atoms with van der Waals surface area (Å²) >= 11 is 0. The molecule has 0 radical (unpaired) electrons. The fourth-order valence-electron chi connectivity index (χ4n) is 2.80. The Kier molecular flexibility index (Phi) is 3.36. The third-order valence-electron chi connectivity index (χ3n) is 3.83. The predicted octanol–water partition coefficient (Wildman–Crippen LogP) is 3.10. The van der Waals surface area contributed by atoms with Gasteiger partial charge in [0.05, 0.1) is 12.2 Å². The van der Waals surface area contributed by atoms with Crippen molar-refractivity contribution in [1.29, 1.82) is 0 Å². The summed E-state index contributed by atoms with van der Waals surface area (Å²) in [5, 5.41) is 3.41. The second kappa shape index (κ2) is 5.17. The van der Waals surface area contributed by atoms with Crippen LogP contribution in [0.15, 0.2) is 36.4 Å². The number of nitrogens with two attached hydrogens (primary N) is 1. The normalized spacial score (nSPS) is 17.1. The van der Waals surface area contributed by atoms with Gasteiger partial charge in [0, 0.05) is 12.1 Å². The molecule has 1 atom stereocenters. The zero-order chi connectivity index (χ0) is 14.1. The van der Waals surface area contributed by atoms with E-state index in [4.69, 9.17) is 10.5 Å². The number of anilines is 1. The minimum atomic E-state index is 0.0352. The average molecular weight is 268 g/mol. The molecular weight excluding hydrogens is 248 g/mol. The van der Waals surface area contributed by atoms with Gasteiger partial charge in [-0.3, -0.25) is 0 Å². The lowest BCUT2D eigenvalue weighted by Crippen LogP contribution is -2.37. The van der Waals surface area contributed by atoms with Crippen LogP contribution >= 0.6 is 0 Å². The first-order valence-electron chi connectivity index (χ1n) is 7.01. The summed E-state index contributed by atoms with van der Waals surface area (Å²) in [7, 11) is 0. The number of fused-ring (bicyclic) bond motifs is 1. The Balaban J connectivity index is 2.16. The molecule has 2 aromatic carbocycles. The molecule has 0 spiro atoms. The average Bonchev–Trinajstić information content (AvgIpc) is 2.47. The molecule has 1 aliphatic rings. The van der Waals surface area contributed by atoms with Gasteiger partial charge >= 0.3 is 0 Å². The van der Waals surface area contributed by atoms with E-state index in [1.54, 1.807) is 0 Å². The van der Waals surface area contributed by atoms with Gasteiger partial charge in [-0.25, -0.2) is 0 Å². The molecule has 3 nitrogen and oxygen atoms in total. The van der Waals surface area contributed by atoms with Crippen LogP contribution in [0.25, 0.3) is 11.1 Å². The zero-order valence-electron chi connectivity index (χ0n) is 11.9. The van der Waals surface area contributed by atoms with Crippen LogP contribution in [0.2, 0.25) is 0 Å². The van der Waals surface area contributed by atoms with Crippen molar-refractivity contribution in [1.82, 2.24) is 0 Å². The summed E-state index contributed by atoms with van der Waals surface area (Å²) in [5.41, 5.74) is 11.7. The molecule has 1 aliphatic heterocycles. The van der Waals surface area contributed by atoms with Crippen molar-refractivity contribution >= 4 is 5.69 Å². The number of aryl methyl sites for hydroxylation is 2. The summed E-state index contributed by atoms with van der Waals surface area (Å²) in [4.78, 5) is 0. The van der Waals surface area contributed by atoms with Gasteiger partial charge in [0.1, 0.15) is 6.10 Å². The van der Waals surface area contributed by atoms with E-state index in [1.807, 2.05) is 0 Å². The van der Waals surface area contributed by atoms with Crippen LogP contribution in [0.1, 0.15) is 11.1 Å². The fourth-order valence-corrected chi connectivity index (χ4v) is 2.80. The van der Waals surface area contributed by atoms with E-state index in [2.05, 4.69) is 55.6 Å². The monoisotopic (exact) mass is 268 g/mol. The number of para-hydroxylation sites is 1. The molecule has 1 heterocycles. The van der Waals surface area contributed by atoms with Gasteiger partial charge in [0.15, 0.2) is 5.75 Å². The molecule has 20 heavy (non-hydrogen) atoms. The van der Waals surface area contributed by atoms with E-state index in [0.29, 0.717) is 6.54 Å². The van der Waals surface area contributed by atoms with Gasteiger partial charge in [0.2, 0.25) is 0 Å². The molecular formula is C17H20N2O. The first kappa shape index (κ1) is 13.0. The minimum Gasteiger partial charge on any atom is -0.484 e. The van der Waals surface area contributed by atoms with Gasteiger partial charge < -0.3 is 15.8 Å². The number of nitrogens with one attached hydrogen (secondary N) is 1. The summed E-state index contributed by atoms with van der Waals surface area (Å²) < 4.78 is 6.09. The number of ether oxygens (including phenoxy) is 1. The topological polar surface area (TPSA) is 47.3 Å². The quantitative estimate of drug-likeness (QED) is 0.880. The maximum atomic E-state index is 6.09. The lowest BCUT2D eigenvalue weighted by atomic mass is 9.94. The maximum absolute atomic E-state index is 6.09. The van der Waals surface area contributed by atoms with Gasteiger partial charge in [-0.05, 0) is 36.6 Å². The fraction of sp³-hybridized carbons (Fsp3) is 0.294. The molecule has 0 bridgehead atoms.